The van der Waals surface area contributed by atoms with Crippen LogP contribution in [-0.4, -0.2) is 32.6 Å². The molecular weight excluding hydrogens is 258 g/mol. The Morgan fingerprint density at radius 1 is 1.30 bits per heavy atom. The van der Waals surface area contributed by atoms with Gasteiger partial charge in [-0.15, -0.1) is 0 Å². The highest BCUT2D eigenvalue weighted by Crippen LogP contribution is 2.25. The van der Waals surface area contributed by atoms with Crippen LogP contribution in [0.15, 0.2) is 43.0 Å². The van der Waals surface area contributed by atoms with Crippen LogP contribution in [0.5, 0.6) is 5.75 Å². The molecule has 0 spiro atoms. The first-order valence-electron chi connectivity index (χ1n) is 5.89. The Kier molecular flexibility index (Phi) is 2.83. The zero-order valence-corrected chi connectivity index (χ0v) is 10.6. The molecule has 1 N–H and O–H groups in total. The molecule has 0 aliphatic heterocycles. The minimum atomic E-state index is -1.06. The third-order valence-electron chi connectivity index (χ3n) is 2.99. The molecule has 0 aliphatic carbocycles. The minimum Gasteiger partial charge on any atom is -0.497 e. The first kappa shape index (κ1) is 12.2. The molecule has 2 heterocycles. The van der Waals surface area contributed by atoms with E-state index < -0.39 is 5.97 Å². The molecule has 3 aromatic rings. The first-order valence-corrected chi connectivity index (χ1v) is 5.89. The molecule has 0 fully saturated rings. The Morgan fingerprint density at radius 2 is 2.05 bits per heavy atom. The van der Waals surface area contributed by atoms with Gasteiger partial charge in [0.2, 0.25) is 0 Å². The van der Waals surface area contributed by atoms with Crippen molar-refractivity contribution in [3.05, 3.63) is 48.7 Å². The summed E-state index contributed by atoms with van der Waals surface area (Å²) in [6.45, 7) is 0. The van der Waals surface area contributed by atoms with Crippen LogP contribution < -0.4 is 4.74 Å². The Morgan fingerprint density at radius 3 is 2.70 bits per heavy atom. The van der Waals surface area contributed by atoms with E-state index in [1.54, 1.807) is 17.7 Å². The molecule has 0 saturated carbocycles. The number of benzene rings is 1. The van der Waals surface area contributed by atoms with Gasteiger partial charge >= 0.3 is 5.97 Å². The minimum absolute atomic E-state index is 0.00670. The van der Waals surface area contributed by atoms with Crippen LogP contribution in [0, 0.1) is 0 Å². The quantitative estimate of drug-likeness (QED) is 0.788. The predicted molar refractivity (Wildman–Crippen MR) is 71.9 cm³/mol. The summed E-state index contributed by atoms with van der Waals surface area (Å²) in [6.07, 6.45) is 4.63. The summed E-state index contributed by atoms with van der Waals surface area (Å²) >= 11 is 0. The Bertz CT molecular complexity index is 778. The number of aromatic carboxylic acids is 1. The maximum atomic E-state index is 11.0. The van der Waals surface area contributed by atoms with Crippen molar-refractivity contribution in [1.82, 2.24) is 14.4 Å². The molecule has 20 heavy (non-hydrogen) atoms. The molecule has 0 amide bonds. The Hall–Kier alpha value is -2.89. The van der Waals surface area contributed by atoms with Crippen molar-refractivity contribution >= 4 is 11.6 Å². The SMILES string of the molecule is COc1ccc(-c2cncn3cc(C(=O)O)nc23)cc1. The van der Waals surface area contributed by atoms with Gasteiger partial charge in [0.25, 0.3) is 0 Å². The van der Waals surface area contributed by atoms with Gasteiger partial charge in [-0.2, -0.15) is 0 Å². The average Bonchev–Trinajstić information content (AvgIpc) is 2.91. The standard InChI is InChI=1S/C14H11N3O3/c1-20-10-4-2-9(3-5-10)11-6-15-8-17-7-12(14(18)19)16-13(11)17/h2-8H,1H3,(H,18,19). The summed E-state index contributed by atoms with van der Waals surface area (Å²) in [5, 5.41) is 9.00. The molecule has 100 valence electrons. The maximum Gasteiger partial charge on any atom is 0.356 e. The lowest BCUT2D eigenvalue weighted by Gasteiger charge is -2.04. The molecular formula is C14H11N3O3. The number of ether oxygens (including phenoxy) is 1. The molecule has 0 aliphatic rings. The van der Waals surface area contributed by atoms with Crippen molar-refractivity contribution in [2.45, 2.75) is 0 Å². The second-order valence-electron chi connectivity index (χ2n) is 4.20. The zero-order valence-electron chi connectivity index (χ0n) is 10.6. The lowest BCUT2D eigenvalue weighted by Crippen LogP contribution is -1.95. The van der Waals surface area contributed by atoms with Gasteiger partial charge in [0.15, 0.2) is 5.69 Å². The van der Waals surface area contributed by atoms with Gasteiger partial charge in [-0.1, -0.05) is 12.1 Å². The number of carboxylic acid groups (broad SMARTS) is 1. The van der Waals surface area contributed by atoms with E-state index in [1.807, 2.05) is 24.3 Å². The van der Waals surface area contributed by atoms with E-state index in [4.69, 9.17) is 9.84 Å². The van der Waals surface area contributed by atoms with Crippen molar-refractivity contribution < 1.29 is 14.6 Å². The summed E-state index contributed by atoms with van der Waals surface area (Å²) in [6, 6.07) is 7.43. The second-order valence-corrected chi connectivity index (χ2v) is 4.20. The maximum absolute atomic E-state index is 11.0. The number of methoxy groups -OCH3 is 1. The monoisotopic (exact) mass is 269 g/mol. The highest BCUT2D eigenvalue weighted by Gasteiger charge is 2.12. The highest BCUT2D eigenvalue weighted by atomic mass is 16.5. The van der Waals surface area contributed by atoms with Crippen molar-refractivity contribution in [3.8, 4) is 16.9 Å². The van der Waals surface area contributed by atoms with Crippen LogP contribution in [0.1, 0.15) is 10.5 Å². The number of carbonyl (C=O) groups is 1. The summed E-state index contributed by atoms with van der Waals surface area (Å²) in [4.78, 5) is 19.2. The summed E-state index contributed by atoms with van der Waals surface area (Å²) in [5.74, 6) is -0.308. The molecule has 3 rings (SSSR count). The lowest BCUT2D eigenvalue weighted by molar-refractivity contribution is 0.0691. The fraction of sp³-hybridized carbons (Fsp3) is 0.0714. The second kappa shape index (κ2) is 4.65. The molecule has 0 saturated heterocycles. The lowest BCUT2D eigenvalue weighted by atomic mass is 10.1. The Labute approximate surface area is 114 Å². The van der Waals surface area contributed by atoms with Gasteiger partial charge in [0.05, 0.1) is 7.11 Å². The van der Waals surface area contributed by atoms with Gasteiger partial charge < -0.3 is 9.84 Å². The number of rotatable bonds is 3. The van der Waals surface area contributed by atoms with E-state index in [-0.39, 0.29) is 5.69 Å². The highest BCUT2D eigenvalue weighted by molar-refractivity contribution is 5.88. The summed E-state index contributed by atoms with van der Waals surface area (Å²) in [7, 11) is 1.60. The van der Waals surface area contributed by atoms with Crippen molar-refractivity contribution in [2.75, 3.05) is 7.11 Å². The van der Waals surface area contributed by atoms with Crippen LogP contribution in [0.25, 0.3) is 16.8 Å². The Balaban J connectivity index is 2.16. The van der Waals surface area contributed by atoms with Crippen LogP contribution in [0.2, 0.25) is 0 Å². The number of hydrogen-bond donors (Lipinski definition) is 1. The fourth-order valence-corrected chi connectivity index (χ4v) is 2.00. The number of fused-ring (bicyclic) bond motifs is 1. The number of hydrogen-bond acceptors (Lipinski definition) is 4. The molecule has 0 unspecified atom stereocenters. The van der Waals surface area contributed by atoms with E-state index in [0.29, 0.717) is 5.65 Å². The van der Waals surface area contributed by atoms with Crippen molar-refractivity contribution in [3.63, 3.8) is 0 Å². The van der Waals surface area contributed by atoms with Crippen molar-refractivity contribution in [2.24, 2.45) is 0 Å². The van der Waals surface area contributed by atoms with Crippen LogP contribution in [0.3, 0.4) is 0 Å². The van der Waals surface area contributed by atoms with Gasteiger partial charge in [0.1, 0.15) is 17.7 Å². The smallest absolute Gasteiger partial charge is 0.356 e. The predicted octanol–water partition coefficient (Wildman–Crippen LogP) is 2.10. The van der Waals surface area contributed by atoms with Gasteiger partial charge in [0, 0.05) is 18.0 Å². The van der Waals surface area contributed by atoms with E-state index in [2.05, 4.69) is 9.97 Å². The van der Waals surface area contributed by atoms with Crippen LogP contribution in [0.4, 0.5) is 0 Å². The third kappa shape index (κ3) is 1.97. The topological polar surface area (TPSA) is 76.7 Å². The molecule has 0 atom stereocenters. The average molecular weight is 269 g/mol. The number of nitrogens with zero attached hydrogens (tertiary/aromatic N) is 3. The van der Waals surface area contributed by atoms with E-state index >= 15 is 0 Å². The van der Waals surface area contributed by atoms with E-state index in [9.17, 15) is 4.79 Å². The molecule has 1 aromatic carbocycles. The summed E-state index contributed by atoms with van der Waals surface area (Å²) in [5.41, 5.74) is 2.21. The van der Waals surface area contributed by atoms with Crippen LogP contribution in [-0.2, 0) is 0 Å². The molecule has 2 aromatic heterocycles. The molecule has 6 heteroatoms. The zero-order chi connectivity index (χ0) is 14.1. The number of carboxylic acids is 1. The third-order valence-corrected chi connectivity index (χ3v) is 2.99. The van der Waals surface area contributed by atoms with Crippen molar-refractivity contribution in [1.29, 1.82) is 0 Å². The number of aromatic nitrogens is 3. The van der Waals surface area contributed by atoms with Crippen LogP contribution >= 0.6 is 0 Å². The normalized spacial score (nSPS) is 10.7. The number of imidazole rings is 1. The molecule has 0 bridgehead atoms. The summed E-state index contributed by atoms with van der Waals surface area (Å²) < 4.78 is 6.71. The van der Waals surface area contributed by atoms with E-state index in [1.165, 1.54) is 12.5 Å². The van der Waals surface area contributed by atoms with Gasteiger partial charge in [-0.25, -0.2) is 14.8 Å². The van der Waals surface area contributed by atoms with Gasteiger partial charge in [-0.05, 0) is 17.7 Å². The largest absolute Gasteiger partial charge is 0.497 e. The van der Waals surface area contributed by atoms with Gasteiger partial charge in [-0.3, -0.25) is 4.40 Å². The fourth-order valence-electron chi connectivity index (χ4n) is 2.00. The molecule has 0 radical (unpaired) electrons. The first-order chi connectivity index (χ1) is 9.69. The molecule has 6 nitrogen and oxygen atoms in total. The van der Waals surface area contributed by atoms with E-state index in [0.717, 1.165) is 16.9 Å².